The second-order valence-electron chi connectivity index (χ2n) is 5.84. The molecule has 0 saturated heterocycles. The average Bonchev–Trinajstić information content (AvgIpc) is 2.51. The third-order valence-electron chi connectivity index (χ3n) is 3.27. The number of hydrogen-bond acceptors (Lipinski definition) is 4. The summed E-state index contributed by atoms with van der Waals surface area (Å²) in [6.45, 7) is 6.28. The van der Waals surface area contributed by atoms with Crippen LogP contribution in [0.25, 0.3) is 0 Å². The topological polar surface area (TPSA) is 80.2 Å². The summed E-state index contributed by atoms with van der Waals surface area (Å²) in [5.41, 5.74) is 4.58. The van der Waals surface area contributed by atoms with Crippen LogP contribution < -0.4 is 5.73 Å². The van der Waals surface area contributed by atoms with Crippen molar-refractivity contribution in [1.29, 1.82) is 0 Å². The molecular formula is C17H26NO4+. The van der Waals surface area contributed by atoms with Crippen LogP contribution in [0.5, 0.6) is 0 Å². The molecule has 0 amide bonds. The maximum atomic E-state index is 12.2. The van der Waals surface area contributed by atoms with E-state index in [1.54, 1.807) is 6.92 Å². The monoisotopic (exact) mass is 308 g/mol. The first-order valence-corrected chi connectivity index (χ1v) is 7.64. The standard InChI is InChI=1S/C17H25NO4/c1-12(2)9-15(22-16(19)13(3)10-18)17(20)21-11-14-7-5-4-6-8-14/h4-8,12-13,15H,9-11,18H2,1-3H3/p+1/t13-,15+/m1/s1. The SMILES string of the molecule is CC(C)C[C@H](OC(=O)[C@H](C)C[NH3+])C(=O)OCc1ccccc1. The first-order chi connectivity index (χ1) is 10.4. The van der Waals surface area contributed by atoms with Crippen molar-refractivity contribution < 1.29 is 24.8 Å². The molecule has 0 aliphatic carbocycles. The summed E-state index contributed by atoms with van der Waals surface area (Å²) in [6.07, 6.45) is -0.409. The largest absolute Gasteiger partial charge is 0.458 e. The maximum absolute atomic E-state index is 12.2. The van der Waals surface area contributed by atoms with Crippen molar-refractivity contribution in [2.75, 3.05) is 6.54 Å². The van der Waals surface area contributed by atoms with E-state index in [-0.39, 0.29) is 18.4 Å². The van der Waals surface area contributed by atoms with Crippen LogP contribution in [0.3, 0.4) is 0 Å². The van der Waals surface area contributed by atoms with E-state index in [1.165, 1.54) is 0 Å². The Morgan fingerprint density at radius 2 is 1.73 bits per heavy atom. The lowest BCUT2D eigenvalue weighted by Crippen LogP contribution is -2.55. The van der Waals surface area contributed by atoms with Crippen molar-refractivity contribution in [1.82, 2.24) is 0 Å². The summed E-state index contributed by atoms with van der Waals surface area (Å²) in [6, 6.07) is 9.41. The van der Waals surface area contributed by atoms with Crippen molar-refractivity contribution in [3.8, 4) is 0 Å². The molecule has 5 nitrogen and oxygen atoms in total. The molecule has 0 unspecified atom stereocenters. The van der Waals surface area contributed by atoms with E-state index in [2.05, 4.69) is 5.73 Å². The Morgan fingerprint density at radius 1 is 1.09 bits per heavy atom. The number of quaternary nitrogens is 1. The van der Waals surface area contributed by atoms with Gasteiger partial charge >= 0.3 is 11.9 Å². The second kappa shape index (κ2) is 9.20. The molecule has 0 saturated carbocycles. The summed E-state index contributed by atoms with van der Waals surface area (Å²) in [4.78, 5) is 24.1. The molecule has 1 aromatic carbocycles. The summed E-state index contributed by atoms with van der Waals surface area (Å²) in [5, 5.41) is 0. The van der Waals surface area contributed by atoms with E-state index in [4.69, 9.17) is 9.47 Å². The minimum absolute atomic E-state index is 0.177. The van der Waals surface area contributed by atoms with Crippen molar-refractivity contribution in [3.63, 3.8) is 0 Å². The molecule has 0 aromatic heterocycles. The Bertz CT molecular complexity index is 473. The average molecular weight is 308 g/mol. The van der Waals surface area contributed by atoms with E-state index >= 15 is 0 Å². The van der Waals surface area contributed by atoms with Crippen LogP contribution in [0, 0.1) is 11.8 Å². The van der Waals surface area contributed by atoms with Gasteiger partial charge in [0.15, 0.2) is 6.10 Å². The van der Waals surface area contributed by atoms with Crippen molar-refractivity contribution in [2.45, 2.75) is 39.9 Å². The predicted molar refractivity (Wildman–Crippen MR) is 82.5 cm³/mol. The van der Waals surface area contributed by atoms with Gasteiger partial charge in [0.05, 0.1) is 6.54 Å². The molecule has 1 aromatic rings. The molecule has 0 fully saturated rings. The first kappa shape index (κ1) is 18.2. The number of esters is 2. The van der Waals surface area contributed by atoms with E-state index < -0.39 is 18.0 Å². The number of rotatable bonds is 8. The number of ether oxygens (including phenoxy) is 2. The maximum Gasteiger partial charge on any atom is 0.347 e. The lowest BCUT2D eigenvalue weighted by Gasteiger charge is -2.19. The van der Waals surface area contributed by atoms with Crippen LogP contribution in [-0.2, 0) is 25.7 Å². The minimum atomic E-state index is -0.856. The fraction of sp³-hybridized carbons (Fsp3) is 0.529. The Morgan fingerprint density at radius 3 is 2.27 bits per heavy atom. The normalized spacial score (nSPS) is 13.5. The van der Waals surface area contributed by atoms with Crippen LogP contribution in [-0.4, -0.2) is 24.6 Å². The van der Waals surface area contributed by atoms with Gasteiger partial charge in [0.1, 0.15) is 12.5 Å². The Hall–Kier alpha value is -1.88. The van der Waals surface area contributed by atoms with Gasteiger partial charge in [-0.15, -0.1) is 0 Å². The van der Waals surface area contributed by atoms with Crippen LogP contribution in [0.2, 0.25) is 0 Å². The highest BCUT2D eigenvalue weighted by Gasteiger charge is 2.28. The summed E-state index contributed by atoms with van der Waals surface area (Å²) >= 11 is 0. The van der Waals surface area contributed by atoms with Gasteiger partial charge in [0.2, 0.25) is 0 Å². The fourth-order valence-electron chi connectivity index (χ4n) is 1.82. The van der Waals surface area contributed by atoms with E-state index in [1.807, 2.05) is 44.2 Å². The molecule has 1 rings (SSSR count). The fourth-order valence-corrected chi connectivity index (χ4v) is 1.82. The molecule has 0 bridgehead atoms. The first-order valence-electron chi connectivity index (χ1n) is 7.64. The zero-order valence-corrected chi connectivity index (χ0v) is 13.6. The Labute approximate surface area is 131 Å². The third kappa shape index (κ3) is 6.26. The molecule has 5 heteroatoms. The smallest absolute Gasteiger partial charge is 0.347 e. The summed E-state index contributed by atoms with van der Waals surface area (Å²) < 4.78 is 10.6. The van der Waals surface area contributed by atoms with Gasteiger partial charge in [-0.3, -0.25) is 4.79 Å². The van der Waals surface area contributed by atoms with Gasteiger partial charge in [-0.25, -0.2) is 4.79 Å². The Balaban J connectivity index is 2.61. The van der Waals surface area contributed by atoms with Gasteiger partial charge < -0.3 is 15.2 Å². The highest BCUT2D eigenvalue weighted by Crippen LogP contribution is 2.13. The zero-order valence-electron chi connectivity index (χ0n) is 13.6. The van der Waals surface area contributed by atoms with E-state index in [9.17, 15) is 9.59 Å². The molecule has 22 heavy (non-hydrogen) atoms. The third-order valence-corrected chi connectivity index (χ3v) is 3.27. The van der Waals surface area contributed by atoms with Gasteiger partial charge in [-0.1, -0.05) is 44.2 Å². The van der Waals surface area contributed by atoms with E-state index in [0.717, 1.165) is 5.56 Å². The minimum Gasteiger partial charge on any atom is -0.458 e. The molecule has 2 atom stereocenters. The van der Waals surface area contributed by atoms with Crippen LogP contribution in [0.4, 0.5) is 0 Å². The van der Waals surface area contributed by atoms with Crippen molar-refractivity contribution in [3.05, 3.63) is 35.9 Å². The van der Waals surface area contributed by atoms with Crippen LogP contribution in [0.15, 0.2) is 30.3 Å². The predicted octanol–water partition coefficient (Wildman–Crippen LogP) is 1.57. The molecular weight excluding hydrogens is 282 g/mol. The zero-order chi connectivity index (χ0) is 16.5. The Kier molecular flexibility index (Phi) is 7.60. The highest BCUT2D eigenvalue weighted by atomic mass is 16.6. The molecule has 0 aliphatic heterocycles. The summed E-state index contributed by atoms with van der Waals surface area (Å²) in [5.74, 6) is -1.01. The lowest BCUT2D eigenvalue weighted by atomic mass is 10.1. The van der Waals surface area contributed by atoms with Crippen molar-refractivity contribution >= 4 is 11.9 Å². The quantitative estimate of drug-likeness (QED) is 0.739. The molecule has 122 valence electrons. The number of carbonyl (C=O) groups is 2. The number of carbonyl (C=O) groups excluding carboxylic acids is 2. The molecule has 0 radical (unpaired) electrons. The molecule has 0 aliphatic rings. The van der Waals surface area contributed by atoms with Gasteiger partial charge in [0.25, 0.3) is 0 Å². The second-order valence-corrected chi connectivity index (χ2v) is 5.84. The summed E-state index contributed by atoms with van der Waals surface area (Å²) in [7, 11) is 0. The van der Waals surface area contributed by atoms with Crippen LogP contribution >= 0.6 is 0 Å². The van der Waals surface area contributed by atoms with Crippen molar-refractivity contribution in [2.24, 2.45) is 11.8 Å². The van der Waals surface area contributed by atoms with E-state index in [0.29, 0.717) is 13.0 Å². The van der Waals surface area contributed by atoms with Gasteiger partial charge in [0, 0.05) is 0 Å². The van der Waals surface area contributed by atoms with Gasteiger partial charge in [-0.2, -0.15) is 0 Å². The van der Waals surface area contributed by atoms with Crippen LogP contribution in [0.1, 0.15) is 32.8 Å². The molecule has 0 spiro atoms. The van der Waals surface area contributed by atoms with Gasteiger partial charge in [-0.05, 0) is 24.8 Å². The number of benzene rings is 1. The molecule has 3 N–H and O–H groups in total. The number of hydrogen-bond donors (Lipinski definition) is 1. The highest BCUT2D eigenvalue weighted by molar-refractivity contribution is 5.80. The molecule has 0 heterocycles. The lowest BCUT2D eigenvalue weighted by molar-refractivity contribution is -0.375.